The normalized spacial score (nSPS) is 13.3. The molecule has 0 aliphatic rings. The summed E-state index contributed by atoms with van der Waals surface area (Å²) in [4.78, 5) is 21.9. The summed E-state index contributed by atoms with van der Waals surface area (Å²) in [6.07, 6.45) is 6.61. The minimum absolute atomic E-state index is 0. The molecular formula is C13H23ClN4O. The topological polar surface area (TPSA) is 72.1 Å². The van der Waals surface area contributed by atoms with E-state index in [9.17, 15) is 4.79 Å². The number of halogens is 1. The fourth-order valence-electron chi connectivity index (χ4n) is 1.60. The van der Waals surface area contributed by atoms with Crippen molar-refractivity contribution in [2.45, 2.75) is 32.7 Å². The molecule has 2 atom stereocenters. The first-order chi connectivity index (χ1) is 8.56. The lowest BCUT2D eigenvalue weighted by molar-refractivity contribution is -0.132. The first-order valence-electron chi connectivity index (χ1n) is 6.31. The minimum Gasteiger partial charge on any atom is -0.344 e. The SMILES string of the molecule is CCC(C)C(N)C(=O)N(C)CCc1cnccn1.Cl. The van der Waals surface area contributed by atoms with E-state index in [1.165, 1.54) is 0 Å². The molecule has 0 bridgehead atoms. The van der Waals surface area contributed by atoms with Crippen LogP contribution < -0.4 is 5.73 Å². The van der Waals surface area contributed by atoms with Gasteiger partial charge in [0.2, 0.25) is 5.91 Å². The molecule has 0 aliphatic heterocycles. The van der Waals surface area contributed by atoms with Gasteiger partial charge in [0.1, 0.15) is 0 Å². The molecule has 0 aliphatic carbocycles. The number of nitrogens with zero attached hydrogens (tertiary/aromatic N) is 3. The van der Waals surface area contributed by atoms with Crippen LogP contribution in [0.1, 0.15) is 26.0 Å². The Kier molecular flexibility index (Phi) is 8.27. The first-order valence-corrected chi connectivity index (χ1v) is 6.31. The lowest BCUT2D eigenvalue weighted by Gasteiger charge is -2.24. The van der Waals surface area contributed by atoms with Gasteiger partial charge in [0.15, 0.2) is 0 Å². The van der Waals surface area contributed by atoms with Crippen molar-refractivity contribution in [1.82, 2.24) is 14.9 Å². The molecule has 0 spiro atoms. The Morgan fingerprint density at radius 1 is 1.47 bits per heavy atom. The van der Waals surface area contributed by atoms with Gasteiger partial charge in [-0.3, -0.25) is 14.8 Å². The first kappa shape index (κ1) is 17.8. The smallest absolute Gasteiger partial charge is 0.239 e. The number of hydrogen-bond acceptors (Lipinski definition) is 4. The third kappa shape index (κ3) is 5.53. The highest BCUT2D eigenvalue weighted by Crippen LogP contribution is 2.08. The van der Waals surface area contributed by atoms with Crippen LogP contribution in [0.3, 0.4) is 0 Å². The van der Waals surface area contributed by atoms with Gasteiger partial charge in [-0.2, -0.15) is 0 Å². The van der Waals surface area contributed by atoms with Crippen molar-refractivity contribution in [3.8, 4) is 0 Å². The Labute approximate surface area is 121 Å². The molecule has 1 rings (SSSR count). The third-order valence-electron chi connectivity index (χ3n) is 3.24. The lowest BCUT2D eigenvalue weighted by atomic mass is 9.99. The average Bonchev–Trinajstić information content (AvgIpc) is 2.43. The van der Waals surface area contributed by atoms with Crippen LogP contribution in [0.2, 0.25) is 0 Å². The predicted octanol–water partition coefficient (Wildman–Crippen LogP) is 1.27. The molecule has 0 saturated carbocycles. The second kappa shape index (κ2) is 8.82. The van der Waals surface area contributed by atoms with E-state index in [4.69, 9.17) is 5.73 Å². The van der Waals surface area contributed by atoms with Crippen LogP contribution in [-0.2, 0) is 11.2 Å². The van der Waals surface area contributed by atoms with Crippen molar-refractivity contribution >= 4 is 18.3 Å². The molecular weight excluding hydrogens is 264 g/mol. The summed E-state index contributed by atoms with van der Waals surface area (Å²) >= 11 is 0. The summed E-state index contributed by atoms with van der Waals surface area (Å²) in [6.45, 7) is 4.65. The highest BCUT2D eigenvalue weighted by molar-refractivity contribution is 5.85. The maximum Gasteiger partial charge on any atom is 0.239 e. The standard InChI is InChI=1S/C13H22N4O.ClH/c1-4-10(2)12(14)13(18)17(3)8-5-11-9-15-6-7-16-11;/h6-7,9-10,12H,4-5,8,14H2,1-3H3;1H. The molecule has 1 aromatic heterocycles. The molecule has 2 N–H and O–H groups in total. The summed E-state index contributed by atoms with van der Waals surface area (Å²) < 4.78 is 0. The van der Waals surface area contributed by atoms with Crippen molar-refractivity contribution in [3.63, 3.8) is 0 Å². The number of nitrogens with two attached hydrogens (primary N) is 1. The van der Waals surface area contributed by atoms with E-state index in [2.05, 4.69) is 9.97 Å². The van der Waals surface area contributed by atoms with Crippen LogP contribution in [0.15, 0.2) is 18.6 Å². The van der Waals surface area contributed by atoms with Crippen molar-refractivity contribution < 1.29 is 4.79 Å². The molecule has 108 valence electrons. The Balaban J connectivity index is 0.00000324. The molecule has 19 heavy (non-hydrogen) atoms. The Morgan fingerprint density at radius 3 is 2.68 bits per heavy atom. The van der Waals surface area contributed by atoms with Gasteiger partial charge in [0.25, 0.3) is 0 Å². The molecule has 1 amide bonds. The highest BCUT2D eigenvalue weighted by atomic mass is 35.5. The van der Waals surface area contributed by atoms with Gasteiger partial charge in [-0.25, -0.2) is 0 Å². The molecule has 0 fully saturated rings. The van der Waals surface area contributed by atoms with Gasteiger partial charge in [-0.1, -0.05) is 20.3 Å². The Hall–Kier alpha value is -1.20. The number of carbonyl (C=O) groups is 1. The zero-order chi connectivity index (χ0) is 13.5. The predicted molar refractivity (Wildman–Crippen MR) is 78.1 cm³/mol. The zero-order valence-corrected chi connectivity index (χ0v) is 12.6. The summed E-state index contributed by atoms with van der Waals surface area (Å²) in [5.41, 5.74) is 6.81. The summed E-state index contributed by atoms with van der Waals surface area (Å²) in [5, 5.41) is 0. The molecule has 1 heterocycles. The summed E-state index contributed by atoms with van der Waals surface area (Å²) in [7, 11) is 1.78. The minimum atomic E-state index is -0.415. The maximum atomic E-state index is 12.0. The van der Waals surface area contributed by atoms with E-state index < -0.39 is 6.04 Å². The Morgan fingerprint density at radius 2 is 2.16 bits per heavy atom. The van der Waals surface area contributed by atoms with Gasteiger partial charge in [0, 0.05) is 38.6 Å². The number of amides is 1. The van der Waals surface area contributed by atoms with Crippen molar-refractivity contribution in [2.75, 3.05) is 13.6 Å². The van der Waals surface area contributed by atoms with Crippen molar-refractivity contribution in [1.29, 1.82) is 0 Å². The molecule has 1 aromatic rings. The summed E-state index contributed by atoms with van der Waals surface area (Å²) in [5.74, 6) is 0.199. The number of rotatable bonds is 6. The molecule has 5 nitrogen and oxygen atoms in total. The van der Waals surface area contributed by atoms with Gasteiger partial charge in [-0.15, -0.1) is 12.4 Å². The van der Waals surface area contributed by atoms with Crippen molar-refractivity contribution in [3.05, 3.63) is 24.3 Å². The van der Waals surface area contributed by atoms with E-state index in [1.807, 2.05) is 13.8 Å². The molecule has 2 unspecified atom stereocenters. The van der Waals surface area contributed by atoms with Gasteiger partial charge < -0.3 is 10.6 Å². The monoisotopic (exact) mass is 286 g/mol. The van der Waals surface area contributed by atoms with E-state index in [0.717, 1.165) is 12.1 Å². The number of aromatic nitrogens is 2. The van der Waals surface area contributed by atoms with Crippen molar-refractivity contribution in [2.24, 2.45) is 11.7 Å². The van der Waals surface area contributed by atoms with Crippen LogP contribution >= 0.6 is 12.4 Å². The maximum absolute atomic E-state index is 12.0. The van der Waals surface area contributed by atoms with E-state index >= 15 is 0 Å². The van der Waals surface area contributed by atoms with E-state index in [-0.39, 0.29) is 24.2 Å². The van der Waals surface area contributed by atoms with E-state index in [0.29, 0.717) is 13.0 Å². The third-order valence-corrected chi connectivity index (χ3v) is 3.24. The molecule has 0 radical (unpaired) electrons. The Bertz CT molecular complexity index is 374. The quantitative estimate of drug-likeness (QED) is 0.855. The van der Waals surface area contributed by atoms with Crippen LogP contribution in [0.25, 0.3) is 0 Å². The van der Waals surface area contributed by atoms with Crippen LogP contribution in [-0.4, -0.2) is 40.4 Å². The lowest BCUT2D eigenvalue weighted by Crippen LogP contribution is -2.46. The molecule has 0 saturated heterocycles. The number of carbonyl (C=O) groups excluding carboxylic acids is 1. The van der Waals surface area contributed by atoms with Crippen LogP contribution in [0.5, 0.6) is 0 Å². The fraction of sp³-hybridized carbons (Fsp3) is 0.615. The second-order valence-electron chi connectivity index (χ2n) is 4.62. The second-order valence-corrected chi connectivity index (χ2v) is 4.62. The summed E-state index contributed by atoms with van der Waals surface area (Å²) in [6, 6.07) is -0.415. The van der Waals surface area contributed by atoms with E-state index in [1.54, 1.807) is 30.5 Å². The highest BCUT2D eigenvalue weighted by Gasteiger charge is 2.22. The molecule has 0 aromatic carbocycles. The number of likely N-dealkylation sites (N-methyl/N-ethyl adjacent to an activating group) is 1. The van der Waals surface area contributed by atoms with Gasteiger partial charge >= 0.3 is 0 Å². The largest absolute Gasteiger partial charge is 0.344 e. The van der Waals surface area contributed by atoms with Gasteiger partial charge in [0.05, 0.1) is 11.7 Å². The zero-order valence-electron chi connectivity index (χ0n) is 11.7. The molecule has 6 heteroatoms. The number of hydrogen-bond donors (Lipinski definition) is 1. The fourth-order valence-corrected chi connectivity index (χ4v) is 1.60. The van der Waals surface area contributed by atoms with Crippen LogP contribution in [0.4, 0.5) is 0 Å². The van der Waals surface area contributed by atoms with Gasteiger partial charge in [-0.05, 0) is 5.92 Å². The van der Waals surface area contributed by atoms with Crippen LogP contribution in [0, 0.1) is 5.92 Å². The average molecular weight is 287 g/mol.